The largest absolute Gasteiger partial charge is 0.313 e. The molecular weight excluding hydrogens is 390 g/mol. The highest BCUT2D eigenvalue weighted by atomic mass is 14.9. The zero-order valence-electron chi connectivity index (χ0n) is 18.5. The second kappa shape index (κ2) is 11.9. The third kappa shape index (κ3) is 6.61. The Labute approximate surface area is 191 Å². The summed E-state index contributed by atoms with van der Waals surface area (Å²) in [5.74, 6) is 0. The van der Waals surface area contributed by atoms with Gasteiger partial charge in [0.25, 0.3) is 0 Å². The van der Waals surface area contributed by atoms with Crippen molar-refractivity contribution in [3.05, 3.63) is 114 Å². The number of unbranched alkanes of at least 4 members (excludes halogenated alkanes) is 1. The second-order valence-corrected chi connectivity index (χ2v) is 8.04. The minimum Gasteiger partial charge on any atom is -0.313 e. The van der Waals surface area contributed by atoms with E-state index in [-0.39, 0.29) is 0 Å². The summed E-state index contributed by atoms with van der Waals surface area (Å²) in [6.45, 7) is 3.91. The molecule has 0 bridgehead atoms. The number of nitrogens with zero attached hydrogens (tertiary/aromatic N) is 1. The zero-order valence-corrected chi connectivity index (χ0v) is 18.5. The molecule has 0 saturated carbocycles. The number of aromatic nitrogens is 1. The molecule has 3 nitrogen and oxygen atoms in total. The Morgan fingerprint density at radius 1 is 0.500 bits per heavy atom. The van der Waals surface area contributed by atoms with Gasteiger partial charge in [-0.3, -0.25) is 4.98 Å². The third-order valence-electron chi connectivity index (χ3n) is 5.59. The van der Waals surface area contributed by atoms with E-state index in [0.29, 0.717) is 0 Å². The van der Waals surface area contributed by atoms with Crippen molar-refractivity contribution in [1.29, 1.82) is 0 Å². The maximum atomic E-state index is 4.40. The maximum Gasteiger partial charge on any atom is 0.0701 e. The first-order valence-electron chi connectivity index (χ1n) is 11.4. The highest BCUT2D eigenvalue weighted by molar-refractivity contribution is 5.63. The van der Waals surface area contributed by atoms with Crippen LogP contribution >= 0.6 is 0 Å². The van der Waals surface area contributed by atoms with E-state index in [0.717, 1.165) is 37.4 Å². The minimum absolute atomic E-state index is 0.906. The molecule has 32 heavy (non-hydrogen) atoms. The van der Waals surface area contributed by atoms with Gasteiger partial charge in [-0.25, -0.2) is 0 Å². The van der Waals surface area contributed by atoms with Crippen LogP contribution in [0, 0.1) is 0 Å². The summed E-state index contributed by atoms with van der Waals surface area (Å²) in [6, 6.07) is 34.0. The van der Waals surface area contributed by atoms with Gasteiger partial charge in [0, 0.05) is 24.8 Å². The number of benzene rings is 3. The van der Waals surface area contributed by atoms with Crippen LogP contribution in [0.2, 0.25) is 0 Å². The molecule has 0 aliphatic rings. The molecule has 0 spiro atoms. The van der Waals surface area contributed by atoms with Crippen LogP contribution in [-0.2, 0) is 13.1 Å². The van der Waals surface area contributed by atoms with E-state index in [9.17, 15) is 0 Å². The van der Waals surface area contributed by atoms with Crippen LogP contribution in [0.4, 0.5) is 0 Å². The molecule has 1 heterocycles. The van der Waals surface area contributed by atoms with Gasteiger partial charge < -0.3 is 10.6 Å². The first-order chi connectivity index (χ1) is 15.9. The van der Waals surface area contributed by atoms with Crippen LogP contribution in [0.25, 0.3) is 22.4 Å². The smallest absolute Gasteiger partial charge is 0.0701 e. The summed E-state index contributed by atoms with van der Waals surface area (Å²) in [7, 11) is 0. The Morgan fingerprint density at radius 2 is 1.03 bits per heavy atom. The SMILES string of the molecule is c1ccc(-c2ccc(CNCCCCNCc3ccc(-c4ccccn4)cc3)cc2)cc1. The summed E-state index contributed by atoms with van der Waals surface area (Å²) in [5, 5.41) is 7.11. The highest BCUT2D eigenvalue weighted by Crippen LogP contribution is 2.19. The van der Waals surface area contributed by atoms with E-state index >= 15 is 0 Å². The van der Waals surface area contributed by atoms with Crippen LogP contribution in [0.5, 0.6) is 0 Å². The van der Waals surface area contributed by atoms with E-state index in [2.05, 4.69) is 94.5 Å². The lowest BCUT2D eigenvalue weighted by Crippen LogP contribution is -2.18. The van der Waals surface area contributed by atoms with E-state index in [1.54, 1.807) is 0 Å². The molecule has 0 atom stereocenters. The Bertz CT molecular complexity index is 954. The summed E-state index contributed by atoms with van der Waals surface area (Å²) < 4.78 is 0. The predicted molar refractivity (Wildman–Crippen MR) is 134 cm³/mol. The normalized spacial score (nSPS) is 10.9. The summed E-state index contributed by atoms with van der Waals surface area (Å²) in [4.78, 5) is 4.40. The van der Waals surface area contributed by atoms with Crippen molar-refractivity contribution in [2.75, 3.05) is 13.1 Å². The van der Waals surface area contributed by atoms with Crippen LogP contribution in [0.3, 0.4) is 0 Å². The fourth-order valence-electron chi connectivity index (χ4n) is 3.74. The molecule has 1 aromatic heterocycles. The summed E-state index contributed by atoms with van der Waals surface area (Å²) in [5.41, 5.74) is 7.36. The van der Waals surface area contributed by atoms with Gasteiger partial charge in [-0.2, -0.15) is 0 Å². The zero-order chi connectivity index (χ0) is 21.8. The Hall–Kier alpha value is -3.27. The summed E-state index contributed by atoms with van der Waals surface area (Å²) >= 11 is 0. The number of hydrogen-bond donors (Lipinski definition) is 2. The van der Waals surface area contributed by atoms with Gasteiger partial charge in [0.2, 0.25) is 0 Å². The van der Waals surface area contributed by atoms with E-state index < -0.39 is 0 Å². The van der Waals surface area contributed by atoms with Crippen molar-refractivity contribution >= 4 is 0 Å². The first-order valence-corrected chi connectivity index (χ1v) is 11.4. The molecule has 3 aromatic carbocycles. The molecule has 4 aromatic rings. The van der Waals surface area contributed by atoms with Crippen molar-refractivity contribution in [3.8, 4) is 22.4 Å². The van der Waals surface area contributed by atoms with Crippen LogP contribution in [-0.4, -0.2) is 18.1 Å². The number of nitrogens with one attached hydrogen (secondary N) is 2. The molecule has 4 rings (SSSR count). The molecule has 162 valence electrons. The molecule has 0 fully saturated rings. The van der Waals surface area contributed by atoms with E-state index in [4.69, 9.17) is 0 Å². The molecule has 0 amide bonds. The Kier molecular flexibility index (Phi) is 8.19. The fraction of sp³-hybridized carbons (Fsp3) is 0.207. The number of rotatable bonds is 11. The molecule has 0 aliphatic heterocycles. The van der Waals surface area contributed by atoms with Crippen molar-refractivity contribution in [2.45, 2.75) is 25.9 Å². The first kappa shape index (κ1) is 21.9. The van der Waals surface area contributed by atoms with Crippen molar-refractivity contribution in [2.24, 2.45) is 0 Å². The lowest BCUT2D eigenvalue weighted by molar-refractivity contribution is 0.582. The molecule has 0 unspecified atom stereocenters. The van der Waals surface area contributed by atoms with Gasteiger partial charge in [-0.05, 0) is 60.3 Å². The Morgan fingerprint density at radius 3 is 1.59 bits per heavy atom. The molecule has 2 N–H and O–H groups in total. The van der Waals surface area contributed by atoms with Crippen molar-refractivity contribution in [1.82, 2.24) is 15.6 Å². The van der Waals surface area contributed by atoms with Gasteiger partial charge in [-0.15, -0.1) is 0 Å². The average Bonchev–Trinajstić information content (AvgIpc) is 2.87. The van der Waals surface area contributed by atoms with Crippen LogP contribution in [0.15, 0.2) is 103 Å². The van der Waals surface area contributed by atoms with Gasteiger partial charge >= 0.3 is 0 Å². The topological polar surface area (TPSA) is 37.0 Å². The average molecular weight is 422 g/mol. The quantitative estimate of drug-likeness (QED) is 0.288. The molecule has 3 heteroatoms. The maximum absolute atomic E-state index is 4.40. The number of hydrogen-bond acceptors (Lipinski definition) is 3. The highest BCUT2D eigenvalue weighted by Gasteiger charge is 2.00. The lowest BCUT2D eigenvalue weighted by atomic mass is 10.0. The van der Waals surface area contributed by atoms with Crippen LogP contribution < -0.4 is 10.6 Å². The fourth-order valence-corrected chi connectivity index (χ4v) is 3.74. The molecule has 0 aliphatic carbocycles. The van der Waals surface area contributed by atoms with E-state index in [1.807, 2.05) is 24.4 Å². The molecule has 0 radical (unpaired) electrons. The predicted octanol–water partition coefficient (Wildman–Crippen LogP) is 6.08. The Balaban J connectivity index is 1.08. The van der Waals surface area contributed by atoms with Crippen molar-refractivity contribution in [3.63, 3.8) is 0 Å². The van der Waals surface area contributed by atoms with Gasteiger partial charge in [0.15, 0.2) is 0 Å². The van der Waals surface area contributed by atoms with E-state index in [1.165, 1.54) is 35.1 Å². The molecule has 0 saturated heterocycles. The lowest BCUT2D eigenvalue weighted by Gasteiger charge is -2.08. The summed E-state index contributed by atoms with van der Waals surface area (Å²) in [6.07, 6.45) is 4.18. The minimum atomic E-state index is 0.906. The van der Waals surface area contributed by atoms with Gasteiger partial charge in [-0.1, -0.05) is 84.9 Å². The second-order valence-electron chi connectivity index (χ2n) is 8.04. The monoisotopic (exact) mass is 421 g/mol. The van der Waals surface area contributed by atoms with Gasteiger partial charge in [0.05, 0.1) is 5.69 Å². The van der Waals surface area contributed by atoms with Crippen molar-refractivity contribution < 1.29 is 0 Å². The molecular formula is C29H31N3. The standard InChI is InChI=1S/C29H31N3/c1-2-8-26(9-3-1)27-15-11-24(12-16-27)22-30-19-6-7-20-31-23-25-13-17-28(18-14-25)29-10-4-5-21-32-29/h1-5,8-18,21,30-31H,6-7,19-20,22-23H2. The number of pyridine rings is 1. The third-order valence-corrected chi connectivity index (χ3v) is 5.59. The van der Waals surface area contributed by atoms with Crippen LogP contribution in [0.1, 0.15) is 24.0 Å². The van der Waals surface area contributed by atoms with Gasteiger partial charge in [0.1, 0.15) is 0 Å².